The van der Waals surface area contributed by atoms with E-state index in [4.69, 9.17) is 48.6 Å². The first kappa shape index (κ1) is 34.4. The van der Waals surface area contributed by atoms with Gasteiger partial charge in [-0.2, -0.15) is 5.06 Å². The number of hydrogen-bond acceptors (Lipinski definition) is 13. The normalized spacial score (nSPS) is 14.9. The van der Waals surface area contributed by atoms with Crippen LogP contribution in [0.15, 0.2) is 4.76 Å². The van der Waals surface area contributed by atoms with E-state index >= 15 is 0 Å². The van der Waals surface area contributed by atoms with Gasteiger partial charge in [0.2, 0.25) is 5.96 Å². The number of guanidine groups is 1. The lowest BCUT2D eigenvalue weighted by molar-refractivity contribution is -0.275. The van der Waals surface area contributed by atoms with E-state index in [0.717, 1.165) is 12.0 Å². The van der Waals surface area contributed by atoms with Crippen molar-refractivity contribution in [3.05, 3.63) is 0 Å². The van der Waals surface area contributed by atoms with Gasteiger partial charge in [-0.3, -0.25) is 4.79 Å². The van der Waals surface area contributed by atoms with Gasteiger partial charge in [-0.25, -0.2) is 23.9 Å². The minimum Gasteiger partial charge on any atom is -0.434 e. The highest BCUT2D eigenvalue weighted by Gasteiger charge is 2.31. The van der Waals surface area contributed by atoms with Crippen molar-refractivity contribution in [3.8, 4) is 0 Å². The van der Waals surface area contributed by atoms with Gasteiger partial charge in [0.1, 0.15) is 0 Å². The molecular formula is C20H38N3O13P. The Labute approximate surface area is 216 Å². The molecule has 0 saturated heterocycles. The van der Waals surface area contributed by atoms with E-state index in [9.17, 15) is 18.9 Å². The lowest BCUT2D eigenvalue weighted by atomic mass is 10.2. The minimum atomic E-state index is -4.58. The summed E-state index contributed by atoms with van der Waals surface area (Å²) in [6.07, 6.45) is -2.40. The summed E-state index contributed by atoms with van der Waals surface area (Å²) in [4.78, 5) is 48.6. The monoisotopic (exact) mass is 559 g/mol. The van der Waals surface area contributed by atoms with E-state index in [2.05, 4.69) is 4.76 Å². The van der Waals surface area contributed by atoms with Crippen LogP contribution in [0.25, 0.3) is 0 Å². The van der Waals surface area contributed by atoms with Gasteiger partial charge in [0.15, 0.2) is 0 Å². The molecule has 17 heteroatoms. The highest BCUT2D eigenvalue weighted by atomic mass is 31.2. The molecule has 216 valence electrons. The van der Waals surface area contributed by atoms with Crippen molar-refractivity contribution < 1.29 is 61.9 Å². The van der Waals surface area contributed by atoms with Crippen LogP contribution in [-0.2, 0) is 52.3 Å². The van der Waals surface area contributed by atoms with Gasteiger partial charge in [0, 0.05) is 25.8 Å². The van der Waals surface area contributed by atoms with Gasteiger partial charge >= 0.3 is 26.0 Å². The fraction of sp³-hybridized carbons (Fsp3) is 0.800. The van der Waals surface area contributed by atoms with Crippen LogP contribution in [0.5, 0.6) is 0 Å². The van der Waals surface area contributed by atoms with E-state index in [0.29, 0.717) is 0 Å². The molecule has 0 heterocycles. The molecular weight excluding hydrogens is 521 g/mol. The highest BCUT2D eigenvalue weighted by Crippen LogP contribution is 2.50. The van der Waals surface area contributed by atoms with Crippen molar-refractivity contribution >= 4 is 32.0 Å². The van der Waals surface area contributed by atoms with Gasteiger partial charge in [0.05, 0.1) is 38.6 Å². The predicted octanol–water partition coefficient (Wildman–Crippen LogP) is 3.11. The summed E-state index contributed by atoms with van der Waals surface area (Å²) in [5, 5.41) is 0.718. The van der Waals surface area contributed by atoms with Crippen LogP contribution in [0.3, 0.4) is 0 Å². The Balaban J connectivity index is 4.97. The van der Waals surface area contributed by atoms with E-state index in [1.807, 2.05) is 0 Å². The SMILES string of the molecule is CC(=O)ON(C)/C(N)=N\P(=O)(OOCC(C)COC(=O)OC(C)C)OOCC(C)COC(=O)OC(C)C. The number of nitrogens with two attached hydrogens (primary N) is 1. The Morgan fingerprint density at radius 2 is 1.22 bits per heavy atom. The molecule has 0 bridgehead atoms. The van der Waals surface area contributed by atoms with Crippen molar-refractivity contribution in [2.75, 3.05) is 33.5 Å². The second-order valence-corrected chi connectivity index (χ2v) is 9.83. The van der Waals surface area contributed by atoms with E-state index in [-0.39, 0.29) is 38.6 Å². The van der Waals surface area contributed by atoms with Crippen LogP contribution in [-0.4, -0.2) is 75.0 Å². The first-order valence-corrected chi connectivity index (χ1v) is 12.8. The van der Waals surface area contributed by atoms with Gasteiger partial charge in [0.25, 0.3) is 0 Å². The van der Waals surface area contributed by atoms with Crippen LogP contribution in [0, 0.1) is 11.8 Å². The summed E-state index contributed by atoms with van der Waals surface area (Å²) in [5.74, 6) is -2.12. The molecule has 0 radical (unpaired) electrons. The van der Waals surface area contributed by atoms with Crippen molar-refractivity contribution in [2.45, 2.75) is 60.7 Å². The molecule has 0 aromatic rings. The highest BCUT2D eigenvalue weighted by molar-refractivity contribution is 7.52. The van der Waals surface area contributed by atoms with Gasteiger partial charge in [-0.05, 0) is 27.7 Å². The molecule has 0 saturated carbocycles. The predicted molar refractivity (Wildman–Crippen MR) is 126 cm³/mol. The molecule has 37 heavy (non-hydrogen) atoms. The molecule has 0 aromatic heterocycles. The zero-order valence-electron chi connectivity index (χ0n) is 22.4. The molecule has 2 atom stereocenters. The van der Waals surface area contributed by atoms with Crippen LogP contribution in [0.1, 0.15) is 48.5 Å². The molecule has 2 N–H and O–H groups in total. The molecule has 0 fully saturated rings. The molecule has 0 aliphatic heterocycles. The number of ether oxygens (including phenoxy) is 4. The van der Waals surface area contributed by atoms with Crippen LogP contribution in [0.4, 0.5) is 9.59 Å². The Bertz CT molecular complexity index is 751. The topological polar surface area (TPSA) is 193 Å². The molecule has 16 nitrogen and oxygen atoms in total. The second kappa shape index (κ2) is 17.7. The Kier molecular flexibility index (Phi) is 16.5. The average Bonchev–Trinajstić information content (AvgIpc) is 2.74. The number of hydrogen-bond donors (Lipinski definition) is 1. The quantitative estimate of drug-likeness (QED) is 0.0767. The maximum atomic E-state index is 13.0. The van der Waals surface area contributed by atoms with Crippen molar-refractivity contribution in [2.24, 2.45) is 22.3 Å². The number of rotatable bonds is 15. The summed E-state index contributed by atoms with van der Waals surface area (Å²) < 4.78 is 45.7. The Morgan fingerprint density at radius 3 is 1.57 bits per heavy atom. The third kappa shape index (κ3) is 18.3. The smallest absolute Gasteiger partial charge is 0.434 e. The maximum Gasteiger partial charge on any atom is 0.511 e. The molecule has 0 aliphatic carbocycles. The first-order valence-electron chi connectivity index (χ1n) is 11.3. The third-order valence-electron chi connectivity index (χ3n) is 3.45. The molecule has 0 spiro atoms. The first-order chi connectivity index (χ1) is 17.1. The van der Waals surface area contributed by atoms with Crippen molar-refractivity contribution in [3.63, 3.8) is 0 Å². The molecule has 0 amide bonds. The second-order valence-electron chi connectivity index (χ2n) is 8.39. The largest absolute Gasteiger partial charge is 0.511 e. The summed E-state index contributed by atoms with van der Waals surface area (Å²) in [6.45, 7) is 10.5. The van der Waals surface area contributed by atoms with Gasteiger partial charge in [-0.15, -0.1) is 14.1 Å². The van der Waals surface area contributed by atoms with Gasteiger partial charge < -0.3 is 29.5 Å². The zero-order chi connectivity index (χ0) is 28.6. The van der Waals surface area contributed by atoms with E-state index in [1.54, 1.807) is 41.5 Å². The van der Waals surface area contributed by atoms with Gasteiger partial charge in [-0.1, -0.05) is 13.8 Å². The average molecular weight is 560 g/mol. The number of carbonyl (C=O) groups excluding carboxylic acids is 3. The fourth-order valence-electron chi connectivity index (χ4n) is 1.87. The van der Waals surface area contributed by atoms with Crippen LogP contribution in [0.2, 0.25) is 0 Å². The van der Waals surface area contributed by atoms with Crippen molar-refractivity contribution in [1.82, 2.24) is 5.06 Å². The number of hydroxylamine groups is 2. The van der Waals surface area contributed by atoms with Crippen molar-refractivity contribution in [1.29, 1.82) is 0 Å². The lowest BCUT2D eigenvalue weighted by Crippen LogP contribution is -2.35. The Hall–Kier alpha value is -2.65. The third-order valence-corrected chi connectivity index (χ3v) is 4.48. The zero-order valence-corrected chi connectivity index (χ0v) is 23.3. The fourth-order valence-corrected chi connectivity index (χ4v) is 2.73. The van der Waals surface area contributed by atoms with E-state index in [1.165, 1.54) is 7.05 Å². The van der Waals surface area contributed by atoms with E-state index < -0.39 is 43.8 Å². The van der Waals surface area contributed by atoms with Crippen LogP contribution >= 0.6 is 7.75 Å². The summed E-state index contributed by atoms with van der Waals surface area (Å²) >= 11 is 0. The standard InChI is InChI=1S/C20H38N3O13P/c1-13(2)32-19(25)28-9-15(5)11-30-35-37(27,22-18(21)23(8)34-17(7)24)36-31-12-16(6)10-29-20(26)33-14(3)4/h13-16H,9-12H2,1-8H3,(H2,21,22,27). The Morgan fingerprint density at radius 1 is 0.811 bits per heavy atom. The summed E-state index contributed by atoms with van der Waals surface area (Å²) in [5.41, 5.74) is 5.67. The van der Waals surface area contributed by atoms with Crippen LogP contribution < -0.4 is 5.73 Å². The maximum absolute atomic E-state index is 13.0. The number of nitrogens with zero attached hydrogens (tertiary/aromatic N) is 2. The summed E-state index contributed by atoms with van der Waals surface area (Å²) in [6, 6.07) is 0. The molecule has 0 aliphatic rings. The molecule has 0 aromatic carbocycles. The molecule has 0 rings (SSSR count). The molecule has 2 unspecified atom stereocenters. The minimum absolute atomic E-state index is 0.0894. The lowest BCUT2D eigenvalue weighted by Gasteiger charge is -2.19. The summed E-state index contributed by atoms with van der Waals surface area (Å²) in [7, 11) is -3.36. The number of carbonyl (C=O) groups is 3.